The average Bonchev–Trinajstić information content (AvgIpc) is 2.52. The molecule has 2 aromatic rings. The first-order valence-corrected chi connectivity index (χ1v) is 7.50. The molecule has 0 saturated heterocycles. The first-order valence-electron chi connectivity index (χ1n) is 7.50. The minimum absolute atomic E-state index is 0.166. The molecule has 1 fully saturated rings. The van der Waals surface area contributed by atoms with Crippen LogP contribution in [-0.2, 0) is 6.54 Å². The lowest BCUT2D eigenvalue weighted by molar-refractivity contribution is 0.0732. The number of anilines is 1. The summed E-state index contributed by atoms with van der Waals surface area (Å²) in [5, 5.41) is 9.43. The monoisotopic (exact) mass is 299 g/mol. The maximum absolute atomic E-state index is 9.43. The summed E-state index contributed by atoms with van der Waals surface area (Å²) < 4.78 is 5.17. The molecular weight excluding hydrogens is 278 g/mol. The number of aliphatic hydroxyl groups excluding tert-OH is 1. The fourth-order valence-electron chi connectivity index (χ4n) is 2.71. The smallest absolute Gasteiger partial charge is 0.132 e. The Morgan fingerprint density at radius 1 is 1.23 bits per heavy atom. The second kappa shape index (κ2) is 6.32. The highest BCUT2D eigenvalue weighted by molar-refractivity contribution is 5.40. The number of hydrogen-bond donors (Lipinski definition) is 1. The predicted octanol–water partition coefficient (Wildman–Crippen LogP) is 2.36. The second-order valence-electron chi connectivity index (χ2n) is 5.83. The van der Waals surface area contributed by atoms with Gasteiger partial charge in [-0.25, -0.2) is 9.97 Å². The van der Waals surface area contributed by atoms with E-state index in [0.29, 0.717) is 5.92 Å². The zero-order valence-electron chi connectivity index (χ0n) is 12.9. The lowest BCUT2D eigenvalue weighted by Gasteiger charge is -2.31. The van der Waals surface area contributed by atoms with Gasteiger partial charge in [0.05, 0.1) is 13.2 Å². The number of rotatable bonds is 5. The summed E-state index contributed by atoms with van der Waals surface area (Å²) in [6, 6.07) is 10.1. The van der Waals surface area contributed by atoms with Crippen LogP contribution in [0.1, 0.15) is 30.0 Å². The fourth-order valence-corrected chi connectivity index (χ4v) is 2.71. The average molecular weight is 299 g/mol. The number of aromatic nitrogens is 2. The molecule has 1 aromatic carbocycles. The number of ether oxygens (including phenoxy) is 1. The van der Waals surface area contributed by atoms with Gasteiger partial charge in [0.1, 0.15) is 17.9 Å². The van der Waals surface area contributed by atoms with E-state index in [-0.39, 0.29) is 6.10 Å². The standard InChI is InChI=1S/C17H21N3O2/c1-20(10-12-3-5-15(22-2)6-4-12)17-9-16(18-11-19-17)13-7-14(21)8-13/h3-6,9,11,13-14,21H,7-8,10H2,1-2H3. The zero-order chi connectivity index (χ0) is 15.5. The Hall–Kier alpha value is -2.14. The molecule has 116 valence electrons. The van der Waals surface area contributed by atoms with Crippen molar-refractivity contribution < 1.29 is 9.84 Å². The highest BCUT2D eigenvalue weighted by atomic mass is 16.5. The van der Waals surface area contributed by atoms with Crippen molar-refractivity contribution in [2.45, 2.75) is 31.4 Å². The van der Waals surface area contributed by atoms with E-state index in [1.165, 1.54) is 5.56 Å². The van der Waals surface area contributed by atoms with Crippen LogP contribution >= 0.6 is 0 Å². The highest BCUT2D eigenvalue weighted by Crippen LogP contribution is 2.36. The second-order valence-corrected chi connectivity index (χ2v) is 5.83. The lowest BCUT2D eigenvalue weighted by Crippen LogP contribution is -2.27. The molecule has 3 rings (SSSR count). The van der Waals surface area contributed by atoms with Crippen molar-refractivity contribution in [1.82, 2.24) is 9.97 Å². The Labute approximate surface area is 130 Å². The van der Waals surface area contributed by atoms with Crippen LogP contribution in [0.3, 0.4) is 0 Å². The van der Waals surface area contributed by atoms with Gasteiger partial charge in [-0.1, -0.05) is 12.1 Å². The fraction of sp³-hybridized carbons (Fsp3) is 0.412. The Balaban J connectivity index is 1.68. The molecule has 22 heavy (non-hydrogen) atoms. The number of benzene rings is 1. The van der Waals surface area contributed by atoms with Gasteiger partial charge < -0.3 is 14.7 Å². The molecule has 5 heteroatoms. The Morgan fingerprint density at radius 2 is 1.95 bits per heavy atom. The van der Waals surface area contributed by atoms with Crippen LogP contribution in [0.25, 0.3) is 0 Å². The molecule has 0 atom stereocenters. The summed E-state index contributed by atoms with van der Waals surface area (Å²) in [5.74, 6) is 2.13. The van der Waals surface area contributed by atoms with Crippen molar-refractivity contribution in [3.63, 3.8) is 0 Å². The molecule has 0 unspecified atom stereocenters. The molecule has 1 heterocycles. The molecule has 1 saturated carbocycles. The minimum Gasteiger partial charge on any atom is -0.497 e. The van der Waals surface area contributed by atoms with Crippen LogP contribution < -0.4 is 9.64 Å². The summed E-state index contributed by atoms with van der Waals surface area (Å²) in [5.41, 5.74) is 2.22. The summed E-state index contributed by atoms with van der Waals surface area (Å²) in [4.78, 5) is 10.8. The van der Waals surface area contributed by atoms with E-state index in [1.54, 1.807) is 13.4 Å². The first-order chi connectivity index (χ1) is 10.7. The van der Waals surface area contributed by atoms with Crippen molar-refractivity contribution >= 4 is 5.82 Å². The molecule has 5 nitrogen and oxygen atoms in total. The van der Waals surface area contributed by atoms with Gasteiger partial charge in [-0.15, -0.1) is 0 Å². The van der Waals surface area contributed by atoms with E-state index < -0.39 is 0 Å². The molecule has 1 aliphatic rings. The van der Waals surface area contributed by atoms with Crippen LogP contribution in [0.15, 0.2) is 36.7 Å². The van der Waals surface area contributed by atoms with Gasteiger partial charge in [0.2, 0.25) is 0 Å². The molecule has 1 aliphatic carbocycles. The quantitative estimate of drug-likeness (QED) is 0.918. The topological polar surface area (TPSA) is 58.5 Å². The van der Waals surface area contributed by atoms with Crippen LogP contribution in [0.4, 0.5) is 5.82 Å². The van der Waals surface area contributed by atoms with Gasteiger partial charge in [-0.3, -0.25) is 0 Å². The van der Waals surface area contributed by atoms with Crippen molar-refractivity contribution in [2.75, 3.05) is 19.1 Å². The normalized spacial score (nSPS) is 20.3. The van der Waals surface area contributed by atoms with E-state index in [9.17, 15) is 5.11 Å². The third kappa shape index (κ3) is 3.20. The Bertz CT molecular complexity index is 624. The third-order valence-electron chi connectivity index (χ3n) is 4.18. The van der Waals surface area contributed by atoms with Crippen LogP contribution in [0.2, 0.25) is 0 Å². The molecule has 0 bridgehead atoms. The van der Waals surface area contributed by atoms with Gasteiger partial charge in [-0.2, -0.15) is 0 Å². The van der Waals surface area contributed by atoms with Gasteiger partial charge in [0, 0.05) is 31.3 Å². The van der Waals surface area contributed by atoms with Gasteiger partial charge in [-0.05, 0) is 30.5 Å². The van der Waals surface area contributed by atoms with E-state index in [1.807, 2.05) is 25.2 Å². The van der Waals surface area contributed by atoms with E-state index in [0.717, 1.165) is 36.6 Å². The Kier molecular flexibility index (Phi) is 4.24. The Morgan fingerprint density at radius 3 is 2.59 bits per heavy atom. The third-order valence-corrected chi connectivity index (χ3v) is 4.18. The molecule has 1 aromatic heterocycles. The van der Waals surface area contributed by atoms with Gasteiger partial charge >= 0.3 is 0 Å². The van der Waals surface area contributed by atoms with Crippen LogP contribution in [-0.4, -0.2) is 35.3 Å². The van der Waals surface area contributed by atoms with E-state index in [4.69, 9.17) is 4.74 Å². The lowest BCUT2D eigenvalue weighted by atomic mass is 9.80. The summed E-state index contributed by atoms with van der Waals surface area (Å²) >= 11 is 0. The van der Waals surface area contributed by atoms with Crippen molar-refractivity contribution in [3.05, 3.63) is 47.9 Å². The largest absolute Gasteiger partial charge is 0.497 e. The molecule has 0 aliphatic heterocycles. The predicted molar refractivity (Wildman–Crippen MR) is 85.1 cm³/mol. The summed E-state index contributed by atoms with van der Waals surface area (Å²) in [7, 11) is 3.69. The van der Waals surface area contributed by atoms with E-state index in [2.05, 4.69) is 27.0 Å². The minimum atomic E-state index is -0.166. The molecule has 0 amide bonds. The molecular formula is C17H21N3O2. The van der Waals surface area contributed by atoms with Crippen molar-refractivity contribution in [3.8, 4) is 5.75 Å². The van der Waals surface area contributed by atoms with E-state index >= 15 is 0 Å². The summed E-state index contributed by atoms with van der Waals surface area (Å²) in [6.45, 7) is 0.772. The zero-order valence-corrected chi connectivity index (χ0v) is 12.9. The highest BCUT2D eigenvalue weighted by Gasteiger charge is 2.29. The molecule has 0 radical (unpaired) electrons. The number of nitrogens with zero attached hydrogens (tertiary/aromatic N) is 3. The molecule has 1 N–H and O–H groups in total. The maximum Gasteiger partial charge on any atom is 0.132 e. The maximum atomic E-state index is 9.43. The number of hydrogen-bond acceptors (Lipinski definition) is 5. The van der Waals surface area contributed by atoms with Gasteiger partial charge in [0.15, 0.2) is 0 Å². The van der Waals surface area contributed by atoms with Gasteiger partial charge in [0.25, 0.3) is 0 Å². The van der Waals surface area contributed by atoms with Crippen LogP contribution in [0.5, 0.6) is 5.75 Å². The van der Waals surface area contributed by atoms with Crippen molar-refractivity contribution in [1.29, 1.82) is 0 Å². The first kappa shape index (κ1) is 14.8. The SMILES string of the molecule is COc1ccc(CN(C)c2cc(C3CC(O)C3)ncn2)cc1. The van der Waals surface area contributed by atoms with Crippen LogP contribution in [0, 0.1) is 0 Å². The number of methoxy groups -OCH3 is 1. The summed E-state index contributed by atoms with van der Waals surface area (Å²) in [6.07, 6.45) is 3.05. The molecule has 0 spiro atoms. The number of aliphatic hydroxyl groups is 1. The van der Waals surface area contributed by atoms with Crippen molar-refractivity contribution in [2.24, 2.45) is 0 Å².